The molecule has 3 rings (SSSR count). The summed E-state index contributed by atoms with van der Waals surface area (Å²) in [5.41, 5.74) is 1.87. The van der Waals surface area contributed by atoms with E-state index in [0.29, 0.717) is 11.3 Å². The van der Waals surface area contributed by atoms with Crippen molar-refractivity contribution >= 4 is 29.4 Å². The monoisotopic (exact) mass is 535 g/mol. The fourth-order valence-corrected chi connectivity index (χ4v) is 4.55. The number of aliphatic hydroxyl groups excluding tert-OH is 1. The molecule has 0 saturated heterocycles. The molecule has 2 unspecified atom stereocenters. The summed E-state index contributed by atoms with van der Waals surface area (Å²) in [7, 11) is 0. The predicted octanol–water partition coefficient (Wildman–Crippen LogP) is 2.74. The molecule has 9 nitrogen and oxygen atoms in total. The van der Waals surface area contributed by atoms with Crippen LogP contribution < -0.4 is 5.32 Å². The van der Waals surface area contributed by atoms with Gasteiger partial charge in [-0.2, -0.15) is 0 Å². The number of benzene rings is 2. The quantitative estimate of drug-likeness (QED) is 0.452. The molecular weight excluding hydrogens is 498 g/mol. The normalized spacial score (nSPS) is 17.1. The molecule has 2 aromatic rings. The van der Waals surface area contributed by atoms with Crippen molar-refractivity contribution in [3.63, 3.8) is 0 Å². The van der Waals surface area contributed by atoms with Gasteiger partial charge in [-0.1, -0.05) is 74.5 Å². The first-order chi connectivity index (χ1) is 18.5. The number of carbonyl (C=O) groups is 4. The van der Waals surface area contributed by atoms with Gasteiger partial charge in [-0.3, -0.25) is 19.3 Å². The van der Waals surface area contributed by atoms with Crippen molar-refractivity contribution in [2.45, 2.75) is 65.3 Å². The Kier molecular flexibility index (Phi) is 10.0. The lowest BCUT2D eigenvalue weighted by Crippen LogP contribution is -2.57. The third-order valence-corrected chi connectivity index (χ3v) is 6.36. The van der Waals surface area contributed by atoms with Crippen LogP contribution in [0.25, 0.3) is 5.70 Å². The summed E-state index contributed by atoms with van der Waals surface area (Å²) < 4.78 is 5.18. The topological polar surface area (TPSA) is 116 Å². The minimum Gasteiger partial charge on any atom is -0.461 e. The number of nitrogens with zero attached hydrogens (tertiary/aromatic N) is 2. The average Bonchev–Trinajstić information content (AvgIpc) is 2.89. The smallest absolute Gasteiger partial charge is 0.337 e. The number of carbonyl (C=O) groups excluding carboxylic acids is 4. The minimum atomic E-state index is -1.62. The summed E-state index contributed by atoms with van der Waals surface area (Å²) in [4.78, 5) is 54.9. The second-order valence-electron chi connectivity index (χ2n) is 10.2. The van der Waals surface area contributed by atoms with Gasteiger partial charge in [0.1, 0.15) is 12.6 Å². The number of hydrogen-bond acceptors (Lipinski definition) is 6. The zero-order chi connectivity index (χ0) is 28.7. The van der Waals surface area contributed by atoms with Gasteiger partial charge < -0.3 is 20.1 Å². The Labute approximate surface area is 229 Å². The van der Waals surface area contributed by atoms with Crippen molar-refractivity contribution in [3.05, 3.63) is 78.0 Å². The Balaban J connectivity index is 1.92. The Hall–Kier alpha value is -3.98. The lowest BCUT2D eigenvalue weighted by atomic mass is 9.97. The molecule has 1 heterocycles. The van der Waals surface area contributed by atoms with Crippen LogP contribution in [0.2, 0.25) is 0 Å². The van der Waals surface area contributed by atoms with E-state index < -0.39 is 42.1 Å². The molecule has 1 aliphatic heterocycles. The molecule has 2 N–H and O–H groups in total. The standard InChI is InChI=1S/C30H37N3O6/c1-19(2)27-29(37)33(25(17-32(27)21(5)34)23-14-10-7-11-15-23)18-26(35)31-24(16-22-12-8-6-9-13-22)28(36)30(38)39-20(3)4/h6-15,17,19-20,24,27-28,36H,16,18H2,1-5H3,(H,31,35)/t24-,27?,28?/m0/s1. The van der Waals surface area contributed by atoms with Gasteiger partial charge in [-0.05, 0) is 37.3 Å². The van der Waals surface area contributed by atoms with E-state index in [-0.39, 0.29) is 24.8 Å². The van der Waals surface area contributed by atoms with Gasteiger partial charge in [0.2, 0.25) is 11.8 Å². The number of hydrogen-bond donors (Lipinski definition) is 2. The Morgan fingerprint density at radius 2 is 1.56 bits per heavy atom. The summed E-state index contributed by atoms with van der Waals surface area (Å²) in [6.45, 7) is 8.05. The van der Waals surface area contributed by atoms with Crippen LogP contribution in [0.5, 0.6) is 0 Å². The molecule has 1 aliphatic rings. The fourth-order valence-electron chi connectivity index (χ4n) is 4.55. The van der Waals surface area contributed by atoms with Gasteiger partial charge >= 0.3 is 5.97 Å². The van der Waals surface area contributed by atoms with E-state index in [1.54, 1.807) is 44.3 Å². The van der Waals surface area contributed by atoms with Crippen LogP contribution >= 0.6 is 0 Å². The van der Waals surface area contributed by atoms with Gasteiger partial charge in [0.05, 0.1) is 17.8 Å². The molecule has 0 aromatic heterocycles. The summed E-state index contributed by atoms with van der Waals surface area (Å²) in [5, 5.41) is 13.6. The number of nitrogens with one attached hydrogen (secondary N) is 1. The Bertz CT molecular complexity index is 1200. The second kappa shape index (κ2) is 13.2. The highest BCUT2D eigenvalue weighted by atomic mass is 16.6. The van der Waals surface area contributed by atoms with Crippen molar-refractivity contribution in [2.24, 2.45) is 5.92 Å². The highest BCUT2D eigenvalue weighted by molar-refractivity contribution is 5.99. The molecule has 2 aromatic carbocycles. The Morgan fingerprint density at radius 3 is 2.10 bits per heavy atom. The highest BCUT2D eigenvalue weighted by Crippen LogP contribution is 2.30. The first kappa shape index (κ1) is 29.6. The molecule has 9 heteroatoms. The third kappa shape index (κ3) is 7.54. The van der Waals surface area contributed by atoms with Gasteiger partial charge in [0.25, 0.3) is 5.91 Å². The van der Waals surface area contributed by atoms with Crippen LogP contribution in [0.4, 0.5) is 0 Å². The van der Waals surface area contributed by atoms with E-state index in [2.05, 4.69) is 5.32 Å². The summed E-state index contributed by atoms with van der Waals surface area (Å²) in [5.74, 6) is -2.30. The van der Waals surface area contributed by atoms with Crippen molar-refractivity contribution in [1.82, 2.24) is 15.1 Å². The number of amides is 3. The minimum absolute atomic E-state index is 0.170. The van der Waals surface area contributed by atoms with E-state index in [0.717, 1.165) is 5.56 Å². The van der Waals surface area contributed by atoms with Gasteiger partial charge in [0.15, 0.2) is 6.10 Å². The van der Waals surface area contributed by atoms with Crippen molar-refractivity contribution in [1.29, 1.82) is 0 Å². The first-order valence-corrected chi connectivity index (χ1v) is 13.1. The summed E-state index contributed by atoms with van der Waals surface area (Å²) in [6, 6.07) is 16.4. The first-order valence-electron chi connectivity index (χ1n) is 13.1. The van der Waals surface area contributed by atoms with Crippen molar-refractivity contribution in [3.8, 4) is 0 Å². The zero-order valence-electron chi connectivity index (χ0n) is 23.0. The second-order valence-corrected chi connectivity index (χ2v) is 10.2. The molecule has 3 amide bonds. The van der Waals surface area contributed by atoms with Crippen LogP contribution in [-0.4, -0.2) is 69.4 Å². The maximum Gasteiger partial charge on any atom is 0.337 e. The number of aliphatic hydroxyl groups is 1. The molecule has 0 spiro atoms. The SMILES string of the molecule is CC(=O)N1C=C(c2ccccc2)N(CC(=O)N[C@@H](Cc2ccccc2)C(O)C(=O)OC(C)C)C(=O)C1C(C)C. The maximum atomic E-state index is 13.7. The number of esters is 1. The molecule has 39 heavy (non-hydrogen) atoms. The predicted molar refractivity (Wildman–Crippen MR) is 147 cm³/mol. The van der Waals surface area contributed by atoms with Crippen LogP contribution in [0.3, 0.4) is 0 Å². The zero-order valence-corrected chi connectivity index (χ0v) is 23.0. The van der Waals surface area contributed by atoms with Crippen LogP contribution in [0.1, 0.15) is 45.7 Å². The summed E-state index contributed by atoms with van der Waals surface area (Å²) >= 11 is 0. The largest absolute Gasteiger partial charge is 0.461 e. The third-order valence-electron chi connectivity index (χ3n) is 6.36. The van der Waals surface area contributed by atoms with E-state index in [1.807, 2.05) is 50.2 Å². The molecule has 0 radical (unpaired) electrons. The van der Waals surface area contributed by atoms with E-state index in [1.165, 1.54) is 16.7 Å². The molecule has 0 aliphatic carbocycles. The lowest BCUT2D eigenvalue weighted by Gasteiger charge is -2.40. The molecule has 0 fully saturated rings. The molecule has 0 saturated carbocycles. The van der Waals surface area contributed by atoms with Crippen LogP contribution in [0.15, 0.2) is 66.9 Å². The van der Waals surface area contributed by atoms with E-state index >= 15 is 0 Å². The molecule has 3 atom stereocenters. The number of ether oxygens (including phenoxy) is 1. The Morgan fingerprint density at radius 1 is 0.974 bits per heavy atom. The molecule has 208 valence electrons. The van der Waals surface area contributed by atoms with Crippen molar-refractivity contribution < 1.29 is 29.0 Å². The van der Waals surface area contributed by atoms with Crippen LogP contribution in [-0.2, 0) is 30.3 Å². The van der Waals surface area contributed by atoms with Gasteiger partial charge in [0, 0.05) is 13.1 Å². The molecular formula is C30H37N3O6. The highest BCUT2D eigenvalue weighted by Gasteiger charge is 2.40. The van der Waals surface area contributed by atoms with Crippen molar-refractivity contribution in [2.75, 3.05) is 6.54 Å². The maximum absolute atomic E-state index is 13.7. The fraction of sp³-hybridized carbons (Fsp3) is 0.400. The van der Waals surface area contributed by atoms with Gasteiger partial charge in [-0.25, -0.2) is 4.79 Å². The molecule has 0 bridgehead atoms. The van der Waals surface area contributed by atoms with Gasteiger partial charge in [-0.15, -0.1) is 0 Å². The number of rotatable bonds is 10. The van der Waals surface area contributed by atoms with E-state index in [4.69, 9.17) is 4.74 Å². The lowest BCUT2D eigenvalue weighted by molar-refractivity contribution is -0.159. The van der Waals surface area contributed by atoms with E-state index in [9.17, 15) is 24.3 Å². The summed E-state index contributed by atoms with van der Waals surface area (Å²) in [6.07, 6.45) is -0.285. The average molecular weight is 536 g/mol. The van der Waals surface area contributed by atoms with Crippen LogP contribution in [0, 0.1) is 5.92 Å².